The molecule has 2 heterocycles. The second-order valence-electron chi connectivity index (χ2n) is 8.43. The number of allylic oxidation sites excluding steroid dienone is 1. The van der Waals surface area contributed by atoms with E-state index in [0.29, 0.717) is 39.2 Å². The Bertz CT molecular complexity index is 1610. The van der Waals surface area contributed by atoms with Gasteiger partial charge >= 0.3 is 6.18 Å². The summed E-state index contributed by atoms with van der Waals surface area (Å²) >= 11 is 4.36. The highest BCUT2D eigenvalue weighted by atomic mass is 79.9. The van der Waals surface area contributed by atoms with Crippen LogP contribution < -0.4 is 4.74 Å². The summed E-state index contributed by atoms with van der Waals surface area (Å²) in [5, 5.41) is 14.0. The van der Waals surface area contributed by atoms with Crippen LogP contribution in [0.5, 0.6) is 5.75 Å². The molecule has 0 atom stereocenters. The number of thioether (sulfide) groups is 1. The minimum Gasteiger partial charge on any atom is -0.496 e. The molecule has 0 fully saturated rings. The van der Waals surface area contributed by atoms with Gasteiger partial charge in [0.1, 0.15) is 28.2 Å². The summed E-state index contributed by atoms with van der Waals surface area (Å²) in [6.07, 6.45) is -0.0508. The van der Waals surface area contributed by atoms with E-state index in [9.17, 15) is 23.2 Å². The number of ether oxygens (including phenoxy) is 1. The molecule has 0 aliphatic rings. The molecular weight excluding hydrogens is 605 g/mol. The Hall–Kier alpha value is -3.88. The highest BCUT2D eigenvalue weighted by Crippen LogP contribution is 2.38. The number of rotatable bonds is 9. The monoisotopic (exact) mass is 626 g/mol. The topological polar surface area (TPSA) is 80.8 Å². The molecule has 0 spiro atoms. The number of nitrogens with zero attached hydrogens (tertiary/aromatic N) is 4. The first-order valence-electron chi connectivity index (χ1n) is 12.0. The third-order valence-corrected chi connectivity index (χ3v) is 7.50. The Morgan fingerprint density at radius 1 is 1.20 bits per heavy atom. The number of hydrogen-bond donors (Lipinski definition) is 0. The molecule has 4 rings (SSSR count). The fourth-order valence-electron chi connectivity index (χ4n) is 3.98. The molecule has 2 aromatic carbocycles. The van der Waals surface area contributed by atoms with Crippen molar-refractivity contribution < 1.29 is 22.7 Å². The van der Waals surface area contributed by atoms with Gasteiger partial charge in [0, 0.05) is 23.4 Å². The summed E-state index contributed by atoms with van der Waals surface area (Å²) in [6.45, 7) is 2.41. The second kappa shape index (κ2) is 12.5. The summed E-state index contributed by atoms with van der Waals surface area (Å²) < 4.78 is 48.9. The molecule has 0 amide bonds. The van der Waals surface area contributed by atoms with Crippen LogP contribution in [0.3, 0.4) is 0 Å². The molecule has 204 valence electrons. The smallest absolute Gasteiger partial charge is 0.433 e. The van der Waals surface area contributed by atoms with E-state index in [1.165, 1.54) is 13.2 Å². The van der Waals surface area contributed by atoms with Crippen molar-refractivity contribution >= 4 is 39.6 Å². The van der Waals surface area contributed by atoms with Gasteiger partial charge in [-0.2, -0.15) is 23.5 Å². The van der Waals surface area contributed by atoms with E-state index in [1.807, 2.05) is 13.0 Å². The van der Waals surface area contributed by atoms with E-state index in [0.717, 1.165) is 17.8 Å². The lowest BCUT2D eigenvalue weighted by molar-refractivity contribution is -0.141. The normalized spacial score (nSPS) is 11.5. The lowest BCUT2D eigenvalue weighted by atomic mass is 10.0. The number of halogens is 4. The van der Waals surface area contributed by atoms with Crippen molar-refractivity contribution in [1.29, 1.82) is 5.26 Å². The van der Waals surface area contributed by atoms with Gasteiger partial charge in [0.25, 0.3) is 0 Å². The van der Waals surface area contributed by atoms with Gasteiger partial charge in [-0.3, -0.25) is 9.48 Å². The standard InChI is InChI=1S/C29H22BrF3N4O2S/c1-3-37-27(23(30)16-35-37)24(38)11-9-18-10-12-25(39-2)20(13-18)17-40-28-22(15-34)21(19-7-5-4-6-8-19)14-26(36-28)29(31,32)33/h4-14,16H,3,17H2,1-2H3/b11-9+. The molecule has 2 aromatic heterocycles. The summed E-state index contributed by atoms with van der Waals surface area (Å²) in [5.41, 5.74) is 1.40. The van der Waals surface area contributed by atoms with E-state index < -0.39 is 11.9 Å². The van der Waals surface area contributed by atoms with Crippen molar-refractivity contribution in [2.45, 2.75) is 30.4 Å². The molecule has 4 aromatic rings. The zero-order valence-corrected chi connectivity index (χ0v) is 23.8. The third-order valence-electron chi connectivity index (χ3n) is 5.90. The molecule has 40 heavy (non-hydrogen) atoms. The fraction of sp³-hybridized carbons (Fsp3) is 0.172. The van der Waals surface area contributed by atoms with E-state index >= 15 is 0 Å². The van der Waals surface area contributed by atoms with Crippen LogP contribution in [0.25, 0.3) is 17.2 Å². The zero-order valence-electron chi connectivity index (χ0n) is 21.4. The van der Waals surface area contributed by atoms with Crippen LogP contribution in [0, 0.1) is 11.3 Å². The highest BCUT2D eigenvalue weighted by Gasteiger charge is 2.34. The average molecular weight is 627 g/mol. The molecule has 11 heteroatoms. The molecule has 6 nitrogen and oxygen atoms in total. The Morgan fingerprint density at radius 2 is 1.95 bits per heavy atom. The SMILES string of the molecule is CCn1ncc(Br)c1C(=O)/C=C/c1ccc(OC)c(CSc2nc(C(F)(F)F)cc(-c3ccccc3)c2C#N)c1. The van der Waals surface area contributed by atoms with Crippen molar-refractivity contribution in [2.24, 2.45) is 0 Å². The van der Waals surface area contributed by atoms with Gasteiger partial charge in [0.05, 0.1) is 23.3 Å². The largest absolute Gasteiger partial charge is 0.496 e. The summed E-state index contributed by atoms with van der Waals surface area (Å²) in [5.74, 6) is 0.444. The number of aryl methyl sites for hydroxylation is 1. The van der Waals surface area contributed by atoms with E-state index in [1.54, 1.807) is 65.5 Å². The van der Waals surface area contributed by atoms with Crippen LogP contribution >= 0.6 is 27.7 Å². The van der Waals surface area contributed by atoms with Crippen LogP contribution in [-0.2, 0) is 18.5 Å². The summed E-state index contributed by atoms with van der Waals surface area (Å²) in [6, 6.07) is 16.6. The number of alkyl halides is 3. The van der Waals surface area contributed by atoms with Gasteiger partial charge in [0.15, 0.2) is 0 Å². The van der Waals surface area contributed by atoms with Crippen molar-refractivity contribution in [1.82, 2.24) is 14.8 Å². The molecule has 0 radical (unpaired) electrons. The van der Waals surface area contributed by atoms with Crippen molar-refractivity contribution in [3.63, 3.8) is 0 Å². The number of methoxy groups -OCH3 is 1. The number of pyridine rings is 1. The van der Waals surface area contributed by atoms with E-state index in [-0.39, 0.29) is 27.7 Å². The molecular formula is C29H22BrF3N4O2S. The van der Waals surface area contributed by atoms with Crippen LogP contribution in [-0.4, -0.2) is 27.7 Å². The van der Waals surface area contributed by atoms with Crippen LogP contribution in [0.1, 0.15) is 39.8 Å². The van der Waals surface area contributed by atoms with Crippen molar-refractivity contribution in [3.05, 3.63) is 99.4 Å². The average Bonchev–Trinajstić information content (AvgIpc) is 3.34. The molecule has 0 bridgehead atoms. The molecule has 0 N–H and O–H groups in total. The van der Waals surface area contributed by atoms with Gasteiger partial charge in [0.2, 0.25) is 5.78 Å². The summed E-state index contributed by atoms with van der Waals surface area (Å²) in [7, 11) is 1.49. The Morgan fingerprint density at radius 3 is 2.60 bits per heavy atom. The predicted octanol–water partition coefficient (Wildman–Crippen LogP) is 7.81. The van der Waals surface area contributed by atoms with Crippen LogP contribution in [0.15, 0.2) is 76.4 Å². The first-order valence-corrected chi connectivity index (χ1v) is 13.7. The number of nitriles is 1. The Kier molecular flexibility index (Phi) is 9.12. The summed E-state index contributed by atoms with van der Waals surface area (Å²) in [4.78, 5) is 16.6. The molecule has 0 saturated heterocycles. The maximum Gasteiger partial charge on any atom is 0.433 e. The quantitative estimate of drug-likeness (QED) is 0.107. The molecule has 0 saturated carbocycles. The third kappa shape index (κ3) is 6.46. The van der Waals surface area contributed by atoms with Gasteiger partial charge < -0.3 is 4.74 Å². The molecule has 0 unspecified atom stereocenters. The van der Waals surface area contributed by atoms with Gasteiger partial charge in [-0.05, 0) is 58.3 Å². The first kappa shape index (κ1) is 29.1. The number of benzene rings is 2. The highest BCUT2D eigenvalue weighted by molar-refractivity contribution is 9.10. The molecule has 0 aliphatic heterocycles. The van der Waals surface area contributed by atoms with Gasteiger partial charge in [-0.25, -0.2) is 4.98 Å². The Balaban J connectivity index is 1.66. The number of hydrogen-bond acceptors (Lipinski definition) is 6. The Labute approximate surface area is 241 Å². The first-order chi connectivity index (χ1) is 19.2. The van der Waals surface area contributed by atoms with E-state index in [2.05, 4.69) is 26.0 Å². The minimum atomic E-state index is -4.69. The lowest BCUT2D eigenvalue weighted by Gasteiger charge is -2.15. The maximum atomic E-state index is 13.7. The number of ketones is 1. The predicted molar refractivity (Wildman–Crippen MR) is 151 cm³/mol. The molecule has 0 aliphatic carbocycles. The zero-order chi connectivity index (χ0) is 28.9. The van der Waals surface area contributed by atoms with Crippen molar-refractivity contribution in [3.8, 4) is 22.9 Å². The van der Waals surface area contributed by atoms with Gasteiger partial charge in [-0.15, -0.1) is 11.8 Å². The fourth-order valence-corrected chi connectivity index (χ4v) is 5.46. The number of carbonyl (C=O) groups excluding carboxylic acids is 1. The van der Waals surface area contributed by atoms with Crippen LogP contribution in [0.4, 0.5) is 13.2 Å². The van der Waals surface area contributed by atoms with Crippen LogP contribution in [0.2, 0.25) is 0 Å². The number of carbonyl (C=O) groups is 1. The van der Waals surface area contributed by atoms with Crippen molar-refractivity contribution in [2.75, 3.05) is 7.11 Å². The second-order valence-corrected chi connectivity index (χ2v) is 10.2. The maximum absolute atomic E-state index is 13.7. The lowest BCUT2D eigenvalue weighted by Crippen LogP contribution is -2.10. The minimum absolute atomic E-state index is 0.0352. The van der Waals surface area contributed by atoms with E-state index in [4.69, 9.17) is 4.74 Å². The number of aromatic nitrogens is 3. The van der Waals surface area contributed by atoms with Gasteiger partial charge in [-0.1, -0.05) is 42.5 Å².